The van der Waals surface area contributed by atoms with Crippen LogP contribution >= 0.6 is 11.6 Å². The van der Waals surface area contributed by atoms with Crippen molar-refractivity contribution >= 4 is 17.4 Å². The fourth-order valence-electron chi connectivity index (χ4n) is 2.39. The van der Waals surface area contributed by atoms with Crippen LogP contribution < -0.4 is 9.47 Å². The van der Waals surface area contributed by atoms with E-state index in [1.54, 1.807) is 24.3 Å². The van der Waals surface area contributed by atoms with E-state index in [1.807, 2.05) is 12.1 Å². The third-order valence-corrected chi connectivity index (χ3v) is 3.60. The molecule has 0 saturated heterocycles. The average Bonchev–Trinajstić information content (AvgIpc) is 2.94. The van der Waals surface area contributed by atoms with Gasteiger partial charge >= 0.3 is 0 Å². The van der Waals surface area contributed by atoms with E-state index in [4.69, 9.17) is 21.1 Å². The average molecular weight is 289 g/mol. The fraction of sp³-hybridized carbons (Fsp3) is 0.188. The molecule has 0 N–H and O–H groups in total. The third kappa shape index (κ3) is 2.14. The minimum atomic E-state index is -0.114. The van der Waals surface area contributed by atoms with Crippen molar-refractivity contribution in [3.63, 3.8) is 0 Å². The summed E-state index contributed by atoms with van der Waals surface area (Å²) >= 11 is 5.92. The molecule has 1 aliphatic rings. The molecule has 0 atom stereocenters. The van der Waals surface area contributed by atoms with Gasteiger partial charge in [0.2, 0.25) is 0 Å². The molecule has 0 unspecified atom stereocenters. The highest BCUT2D eigenvalue weighted by atomic mass is 35.5. The SMILES string of the molecule is COc1cc(Cl)ccc1C(=O)c1cccc2c1OCC2. The molecule has 0 aliphatic carbocycles. The predicted molar refractivity (Wildman–Crippen MR) is 77.1 cm³/mol. The number of methoxy groups -OCH3 is 1. The second-order valence-corrected chi connectivity index (χ2v) is 5.00. The largest absolute Gasteiger partial charge is 0.496 e. The number of hydrogen-bond donors (Lipinski definition) is 0. The Labute approximate surface area is 122 Å². The van der Waals surface area contributed by atoms with Crippen molar-refractivity contribution in [2.24, 2.45) is 0 Å². The molecule has 0 amide bonds. The molecule has 3 rings (SSSR count). The Morgan fingerprint density at radius 1 is 1.25 bits per heavy atom. The van der Waals surface area contributed by atoms with Crippen LogP contribution in [-0.4, -0.2) is 19.5 Å². The monoisotopic (exact) mass is 288 g/mol. The highest BCUT2D eigenvalue weighted by Gasteiger charge is 2.23. The number of ether oxygens (including phenoxy) is 2. The highest BCUT2D eigenvalue weighted by molar-refractivity contribution is 6.31. The summed E-state index contributed by atoms with van der Waals surface area (Å²) in [6.45, 7) is 0.622. The Morgan fingerprint density at radius 3 is 2.90 bits per heavy atom. The molecule has 0 aromatic heterocycles. The zero-order valence-corrected chi connectivity index (χ0v) is 11.7. The van der Waals surface area contributed by atoms with Crippen LogP contribution in [0.5, 0.6) is 11.5 Å². The standard InChI is InChI=1S/C16H13ClO3/c1-19-14-9-11(17)5-6-12(14)15(18)13-4-2-3-10-7-8-20-16(10)13/h2-6,9H,7-8H2,1H3. The number of ketones is 1. The Bertz CT molecular complexity index is 679. The van der Waals surface area contributed by atoms with Gasteiger partial charge in [-0.25, -0.2) is 0 Å². The van der Waals surface area contributed by atoms with Crippen molar-refractivity contribution in [3.05, 3.63) is 58.1 Å². The number of benzene rings is 2. The maximum absolute atomic E-state index is 12.7. The summed E-state index contributed by atoms with van der Waals surface area (Å²) < 4.78 is 10.8. The van der Waals surface area contributed by atoms with Gasteiger partial charge in [0.05, 0.1) is 24.8 Å². The number of rotatable bonds is 3. The highest BCUT2D eigenvalue weighted by Crippen LogP contribution is 2.33. The van der Waals surface area contributed by atoms with Gasteiger partial charge in [0, 0.05) is 11.4 Å². The second kappa shape index (κ2) is 5.17. The molecule has 2 aromatic rings. The van der Waals surface area contributed by atoms with Crippen LogP contribution in [0.3, 0.4) is 0 Å². The van der Waals surface area contributed by atoms with Gasteiger partial charge < -0.3 is 9.47 Å². The lowest BCUT2D eigenvalue weighted by Crippen LogP contribution is -2.05. The number of para-hydroxylation sites is 1. The topological polar surface area (TPSA) is 35.5 Å². The van der Waals surface area contributed by atoms with Crippen molar-refractivity contribution in [1.82, 2.24) is 0 Å². The summed E-state index contributed by atoms with van der Waals surface area (Å²) in [6.07, 6.45) is 0.841. The van der Waals surface area contributed by atoms with E-state index in [0.717, 1.165) is 12.0 Å². The number of carbonyl (C=O) groups is 1. The molecule has 20 heavy (non-hydrogen) atoms. The fourth-order valence-corrected chi connectivity index (χ4v) is 2.55. The van der Waals surface area contributed by atoms with Gasteiger partial charge in [0.15, 0.2) is 5.78 Å². The molecule has 0 spiro atoms. The van der Waals surface area contributed by atoms with E-state index < -0.39 is 0 Å². The molecule has 0 bridgehead atoms. The van der Waals surface area contributed by atoms with E-state index in [2.05, 4.69) is 0 Å². The Morgan fingerprint density at radius 2 is 2.10 bits per heavy atom. The lowest BCUT2D eigenvalue weighted by atomic mass is 9.99. The summed E-state index contributed by atoms with van der Waals surface area (Å²) in [5.41, 5.74) is 2.13. The van der Waals surface area contributed by atoms with Gasteiger partial charge in [-0.2, -0.15) is 0 Å². The molecule has 0 radical (unpaired) electrons. The summed E-state index contributed by atoms with van der Waals surface area (Å²) in [7, 11) is 1.52. The van der Waals surface area contributed by atoms with Crippen LogP contribution in [0.25, 0.3) is 0 Å². The first-order valence-electron chi connectivity index (χ1n) is 6.33. The Balaban J connectivity index is 2.08. The predicted octanol–water partition coefficient (Wildman–Crippen LogP) is 3.51. The Hall–Kier alpha value is -2.00. The van der Waals surface area contributed by atoms with Gasteiger partial charge in [0.1, 0.15) is 11.5 Å². The van der Waals surface area contributed by atoms with E-state index in [0.29, 0.717) is 34.3 Å². The van der Waals surface area contributed by atoms with Crippen LogP contribution in [0, 0.1) is 0 Å². The van der Waals surface area contributed by atoms with Gasteiger partial charge in [-0.05, 0) is 29.8 Å². The van der Waals surface area contributed by atoms with Crippen molar-refractivity contribution in [2.45, 2.75) is 6.42 Å². The molecule has 3 nitrogen and oxygen atoms in total. The van der Waals surface area contributed by atoms with Crippen molar-refractivity contribution in [2.75, 3.05) is 13.7 Å². The third-order valence-electron chi connectivity index (χ3n) is 3.37. The Kier molecular flexibility index (Phi) is 3.36. The molecule has 1 heterocycles. The van der Waals surface area contributed by atoms with E-state index in [-0.39, 0.29) is 5.78 Å². The van der Waals surface area contributed by atoms with Gasteiger partial charge in [-0.1, -0.05) is 23.7 Å². The van der Waals surface area contributed by atoms with Crippen molar-refractivity contribution in [3.8, 4) is 11.5 Å². The van der Waals surface area contributed by atoms with Gasteiger partial charge in [-0.15, -0.1) is 0 Å². The maximum atomic E-state index is 12.7. The lowest BCUT2D eigenvalue weighted by Gasteiger charge is -2.10. The molecule has 0 fully saturated rings. The smallest absolute Gasteiger partial charge is 0.200 e. The molecular weight excluding hydrogens is 276 g/mol. The lowest BCUT2D eigenvalue weighted by molar-refractivity contribution is 0.103. The quantitative estimate of drug-likeness (QED) is 0.811. The zero-order valence-electron chi connectivity index (χ0n) is 11.0. The van der Waals surface area contributed by atoms with Crippen molar-refractivity contribution in [1.29, 1.82) is 0 Å². The summed E-state index contributed by atoms with van der Waals surface area (Å²) in [5, 5.41) is 0.535. The summed E-state index contributed by atoms with van der Waals surface area (Å²) in [4.78, 5) is 12.7. The molecule has 4 heteroatoms. The molecule has 2 aromatic carbocycles. The van der Waals surface area contributed by atoms with Crippen LogP contribution in [0.2, 0.25) is 5.02 Å². The first-order chi connectivity index (χ1) is 9.70. The molecule has 0 saturated carbocycles. The van der Waals surface area contributed by atoms with Crippen molar-refractivity contribution < 1.29 is 14.3 Å². The second-order valence-electron chi connectivity index (χ2n) is 4.57. The molecule has 102 valence electrons. The zero-order chi connectivity index (χ0) is 14.1. The number of halogens is 1. The van der Waals surface area contributed by atoms with Crippen LogP contribution in [0.1, 0.15) is 21.5 Å². The van der Waals surface area contributed by atoms with Crippen LogP contribution in [0.15, 0.2) is 36.4 Å². The first kappa shape index (κ1) is 13.0. The minimum Gasteiger partial charge on any atom is -0.496 e. The molecular formula is C16H13ClO3. The van der Waals surface area contributed by atoms with Crippen LogP contribution in [0.4, 0.5) is 0 Å². The van der Waals surface area contributed by atoms with E-state index in [9.17, 15) is 4.79 Å². The summed E-state index contributed by atoms with van der Waals surface area (Å²) in [5.74, 6) is 1.05. The van der Waals surface area contributed by atoms with Gasteiger partial charge in [-0.3, -0.25) is 4.79 Å². The van der Waals surface area contributed by atoms with Gasteiger partial charge in [0.25, 0.3) is 0 Å². The minimum absolute atomic E-state index is 0.114. The molecule has 1 aliphatic heterocycles. The number of carbonyl (C=O) groups excluding carboxylic acids is 1. The normalized spacial score (nSPS) is 12.7. The maximum Gasteiger partial charge on any atom is 0.200 e. The number of fused-ring (bicyclic) bond motifs is 1. The van der Waals surface area contributed by atoms with E-state index >= 15 is 0 Å². The van der Waals surface area contributed by atoms with Crippen LogP contribution in [-0.2, 0) is 6.42 Å². The number of hydrogen-bond acceptors (Lipinski definition) is 3. The first-order valence-corrected chi connectivity index (χ1v) is 6.71. The van der Waals surface area contributed by atoms with E-state index in [1.165, 1.54) is 7.11 Å². The summed E-state index contributed by atoms with van der Waals surface area (Å²) in [6, 6.07) is 10.6.